The number of methoxy groups -OCH3 is 1. The molecule has 0 N–H and O–H groups in total. The molecule has 0 fully saturated rings. The normalized spacial score (nSPS) is 10.5. The molecule has 0 aliphatic carbocycles. The van der Waals surface area contributed by atoms with Crippen molar-refractivity contribution in [1.29, 1.82) is 0 Å². The third kappa shape index (κ3) is 0.959. The van der Waals surface area contributed by atoms with Crippen molar-refractivity contribution in [2.75, 3.05) is 7.11 Å². The highest BCUT2D eigenvalue weighted by molar-refractivity contribution is 6.35. The zero-order valence-electron chi connectivity index (χ0n) is 6.50. The van der Waals surface area contributed by atoms with Gasteiger partial charge in [0.25, 0.3) is 0 Å². The third-order valence-corrected chi connectivity index (χ3v) is 2.12. The van der Waals surface area contributed by atoms with Crippen molar-refractivity contribution in [3.05, 3.63) is 29.7 Å². The Labute approximate surface area is 74.7 Å². The Bertz CT molecular complexity index is 406. The van der Waals surface area contributed by atoms with Gasteiger partial charge in [0.2, 0.25) is 0 Å². The minimum absolute atomic E-state index is 0.680. The van der Waals surface area contributed by atoms with Crippen LogP contribution in [0.25, 0.3) is 10.8 Å². The Kier molecular flexibility index (Phi) is 1.70. The molecule has 0 saturated carbocycles. The van der Waals surface area contributed by atoms with Gasteiger partial charge in [-0.15, -0.1) is 0 Å². The minimum Gasteiger partial charge on any atom is -0.496 e. The van der Waals surface area contributed by atoms with Crippen LogP contribution in [0.5, 0.6) is 5.75 Å². The molecule has 2 aromatic rings. The molecule has 2 nitrogen and oxygen atoms in total. The first kappa shape index (κ1) is 7.50. The summed E-state index contributed by atoms with van der Waals surface area (Å²) in [6.07, 6.45) is 3.24. The molecule has 0 spiro atoms. The highest BCUT2D eigenvalue weighted by Gasteiger charge is 2.05. The Morgan fingerprint density at radius 1 is 1.25 bits per heavy atom. The standard InChI is InChI=1S/C9H7ClO2/c1-11-9-3-2-8(10)6-4-12-5-7(6)9/h2-5H,1H3. The van der Waals surface area contributed by atoms with Gasteiger partial charge in [0.1, 0.15) is 12.0 Å². The lowest BCUT2D eigenvalue weighted by Gasteiger charge is -2.00. The van der Waals surface area contributed by atoms with E-state index >= 15 is 0 Å². The number of hydrogen-bond donors (Lipinski definition) is 0. The maximum atomic E-state index is 5.91. The van der Waals surface area contributed by atoms with Gasteiger partial charge in [-0.05, 0) is 12.1 Å². The molecule has 3 heteroatoms. The predicted octanol–water partition coefficient (Wildman–Crippen LogP) is 3.09. The topological polar surface area (TPSA) is 22.4 Å². The maximum absolute atomic E-state index is 5.91. The van der Waals surface area contributed by atoms with Crippen LogP contribution >= 0.6 is 11.6 Å². The molecule has 0 bridgehead atoms. The molecule has 0 amide bonds. The van der Waals surface area contributed by atoms with Gasteiger partial charge in [-0.2, -0.15) is 0 Å². The molecule has 0 saturated heterocycles. The second-order valence-electron chi connectivity index (χ2n) is 2.45. The van der Waals surface area contributed by atoms with Crippen LogP contribution in [0, 0.1) is 0 Å². The van der Waals surface area contributed by atoms with Gasteiger partial charge in [0.05, 0.1) is 23.8 Å². The lowest BCUT2D eigenvalue weighted by atomic mass is 10.2. The van der Waals surface area contributed by atoms with E-state index in [1.165, 1.54) is 0 Å². The lowest BCUT2D eigenvalue weighted by molar-refractivity contribution is 0.419. The van der Waals surface area contributed by atoms with Crippen molar-refractivity contribution in [2.24, 2.45) is 0 Å². The van der Waals surface area contributed by atoms with Crippen LogP contribution in [-0.4, -0.2) is 7.11 Å². The van der Waals surface area contributed by atoms with E-state index in [1.54, 1.807) is 25.7 Å². The van der Waals surface area contributed by atoms with Crippen LogP contribution in [0.4, 0.5) is 0 Å². The van der Waals surface area contributed by atoms with Gasteiger partial charge in [0.15, 0.2) is 0 Å². The molecule has 1 aromatic carbocycles. The molecule has 1 aromatic heterocycles. The number of furan rings is 1. The van der Waals surface area contributed by atoms with Crippen molar-refractivity contribution in [2.45, 2.75) is 0 Å². The highest BCUT2D eigenvalue weighted by atomic mass is 35.5. The molecular weight excluding hydrogens is 176 g/mol. The monoisotopic (exact) mass is 182 g/mol. The molecule has 1 heterocycles. The summed E-state index contributed by atoms with van der Waals surface area (Å²) >= 11 is 5.91. The molecule has 0 aliphatic heterocycles. The summed E-state index contributed by atoms with van der Waals surface area (Å²) < 4.78 is 10.1. The fraction of sp³-hybridized carbons (Fsp3) is 0.111. The quantitative estimate of drug-likeness (QED) is 0.676. The van der Waals surface area contributed by atoms with Crippen molar-refractivity contribution >= 4 is 22.4 Å². The summed E-state index contributed by atoms with van der Waals surface area (Å²) in [4.78, 5) is 0. The van der Waals surface area contributed by atoms with Crippen LogP contribution in [0.1, 0.15) is 0 Å². The largest absolute Gasteiger partial charge is 0.496 e. The second-order valence-corrected chi connectivity index (χ2v) is 2.86. The summed E-state index contributed by atoms with van der Waals surface area (Å²) in [5.74, 6) is 0.781. The van der Waals surface area contributed by atoms with Crippen molar-refractivity contribution in [3.8, 4) is 5.75 Å². The van der Waals surface area contributed by atoms with Gasteiger partial charge < -0.3 is 9.15 Å². The summed E-state index contributed by atoms with van der Waals surface area (Å²) in [6.45, 7) is 0. The van der Waals surface area contributed by atoms with Crippen LogP contribution in [-0.2, 0) is 0 Å². The number of benzene rings is 1. The Hall–Kier alpha value is -1.15. The van der Waals surface area contributed by atoms with E-state index in [0.717, 1.165) is 16.5 Å². The molecule has 12 heavy (non-hydrogen) atoms. The molecule has 62 valence electrons. The smallest absolute Gasteiger partial charge is 0.130 e. The highest BCUT2D eigenvalue weighted by Crippen LogP contribution is 2.31. The number of halogens is 1. The van der Waals surface area contributed by atoms with E-state index in [1.807, 2.05) is 6.07 Å². The lowest BCUT2D eigenvalue weighted by Crippen LogP contribution is -1.82. The Morgan fingerprint density at radius 2 is 2.00 bits per heavy atom. The summed E-state index contributed by atoms with van der Waals surface area (Å²) in [5.41, 5.74) is 0. The van der Waals surface area contributed by atoms with Crippen LogP contribution in [0.2, 0.25) is 5.02 Å². The Balaban J connectivity index is 2.82. The first-order valence-corrected chi connectivity index (χ1v) is 3.89. The molecule has 2 rings (SSSR count). The molecule has 0 atom stereocenters. The van der Waals surface area contributed by atoms with Gasteiger partial charge in [-0.25, -0.2) is 0 Å². The Morgan fingerprint density at radius 3 is 2.75 bits per heavy atom. The average molecular weight is 183 g/mol. The van der Waals surface area contributed by atoms with Gasteiger partial charge in [0, 0.05) is 5.39 Å². The third-order valence-electron chi connectivity index (χ3n) is 1.79. The zero-order valence-corrected chi connectivity index (χ0v) is 7.26. The molecule has 0 unspecified atom stereocenters. The fourth-order valence-corrected chi connectivity index (χ4v) is 1.39. The molecular formula is C9H7ClO2. The maximum Gasteiger partial charge on any atom is 0.130 e. The first-order valence-electron chi connectivity index (χ1n) is 3.51. The summed E-state index contributed by atoms with van der Waals surface area (Å²) in [5, 5.41) is 2.47. The molecule has 0 aliphatic rings. The predicted molar refractivity (Wildman–Crippen MR) is 47.8 cm³/mol. The van der Waals surface area contributed by atoms with Crippen molar-refractivity contribution < 1.29 is 9.15 Å². The fourth-order valence-electron chi connectivity index (χ4n) is 1.18. The van der Waals surface area contributed by atoms with Gasteiger partial charge in [-0.1, -0.05) is 11.6 Å². The van der Waals surface area contributed by atoms with E-state index < -0.39 is 0 Å². The van der Waals surface area contributed by atoms with Gasteiger partial charge in [-0.3, -0.25) is 0 Å². The van der Waals surface area contributed by atoms with Gasteiger partial charge >= 0.3 is 0 Å². The van der Waals surface area contributed by atoms with E-state index in [-0.39, 0.29) is 0 Å². The SMILES string of the molecule is COc1ccc(Cl)c2cocc12. The average Bonchev–Trinajstić information content (AvgIpc) is 2.54. The number of rotatable bonds is 1. The second kappa shape index (κ2) is 2.72. The molecule has 0 radical (unpaired) electrons. The van der Waals surface area contributed by atoms with Crippen molar-refractivity contribution in [3.63, 3.8) is 0 Å². The van der Waals surface area contributed by atoms with Crippen LogP contribution in [0.3, 0.4) is 0 Å². The van der Waals surface area contributed by atoms with E-state index in [0.29, 0.717) is 5.02 Å². The van der Waals surface area contributed by atoms with Crippen molar-refractivity contribution in [1.82, 2.24) is 0 Å². The van der Waals surface area contributed by atoms with Crippen LogP contribution < -0.4 is 4.74 Å². The zero-order chi connectivity index (χ0) is 8.55. The van der Waals surface area contributed by atoms with Crippen LogP contribution in [0.15, 0.2) is 29.1 Å². The van der Waals surface area contributed by atoms with E-state index in [2.05, 4.69) is 0 Å². The summed E-state index contributed by atoms with van der Waals surface area (Å²) in [6, 6.07) is 3.61. The first-order chi connectivity index (χ1) is 5.83. The summed E-state index contributed by atoms with van der Waals surface area (Å²) in [7, 11) is 1.62. The van der Waals surface area contributed by atoms with E-state index in [9.17, 15) is 0 Å². The number of hydrogen-bond acceptors (Lipinski definition) is 2. The minimum atomic E-state index is 0.680. The van der Waals surface area contributed by atoms with E-state index in [4.69, 9.17) is 20.8 Å². The number of ether oxygens (including phenoxy) is 1. The number of fused-ring (bicyclic) bond motifs is 1.